The molecular formula is C18H20N4O2. The summed E-state index contributed by atoms with van der Waals surface area (Å²) in [4.78, 5) is 13.5. The van der Waals surface area contributed by atoms with Gasteiger partial charge in [-0.15, -0.1) is 5.10 Å². The summed E-state index contributed by atoms with van der Waals surface area (Å²) in [5.41, 5.74) is 3.47. The van der Waals surface area contributed by atoms with E-state index in [0.717, 1.165) is 48.9 Å². The Labute approximate surface area is 140 Å². The Morgan fingerprint density at radius 1 is 1.08 bits per heavy atom. The maximum atomic E-state index is 5.67. The van der Waals surface area contributed by atoms with Gasteiger partial charge in [-0.2, -0.15) is 9.99 Å². The molecule has 6 nitrogen and oxygen atoms in total. The lowest BCUT2D eigenvalue weighted by molar-refractivity contribution is -0.212. The van der Waals surface area contributed by atoms with Crippen LogP contribution in [0.1, 0.15) is 41.6 Å². The summed E-state index contributed by atoms with van der Waals surface area (Å²) >= 11 is 0. The lowest BCUT2D eigenvalue weighted by Crippen LogP contribution is -2.44. The molecule has 6 heteroatoms. The Morgan fingerprint density at radius 3 is 2.75 bits per heavy atom. The number of nitrogens with one attached hydrogen (secondary N) is 1. The van der Waals surface area contributed by atoms with Crippen LogP contribution in [-0.2, 0) is 4.89 Å². The first-order valence-electron chi connectivity index (χ1n) is 8.65. The maximum Gasteiger partial charge on any atom is 0.171 e. The summed E-state index contributed by atoms with van der Waals surface area (Å²) in [7, 11) is 0. The number of rotatable bonds is 3. The average Bonchev–Trinajstić information content (AvgIpc) is 3.40. The molecule has 3 aliphatic rings. The second-order valence-corrected chi connectivity index (χ2v) is 6.65. The van der Waals surface area contributed by atoms with Gasteiger partial charge in [0.1, 0.15) is 0 Å². The van der Waals surface area contributed by atoms with E-state index in [1.54, 1.807) is 0 Å². The SMILES string of the molecule is c1ccc2c(c1)OOC2c1cnnc(N2CCNCC2)c1C1CC1. The molecule has 1 aromatic carbocycles. The fraction of sp³-hybridized carbons (Fsp3) is 0.444. The van der Waals surface area contributed by atoms with Crippen LogP contribution in [0.2, 0.25) is 0 Å². The van der Waals surface area contributed by atoms with Gasteiger partial charge >= 0.3 is 0 Å². The Balaban J connectivity index is 1.59. The van der Waals surface area contributed by atoms with E-state index in [9.17, 15) is 0 Å². The van der Waals surface area contributed by atoms with E-state index in [1.807, 2.05) is 24.4 Å². The van der Waals surface area contributed by atoms with Crippen molar-refractivity contribution in [1.29, 1.82) is 0 Å². The zero-order chi connectivity index (χ0) is 15.9. The van der Waals surface area contributed by atoms with Crippen molar-refractivity contribution < 1.29 is 9.78 Å². The number of aromatic nitrogens is 2. The third-order valence-electron chi connectivity index (χ3n) is 5.02. The molecule has 2 fully saturated rings. The highest BCUT2D eigenvalue weighted by atomic mass is 17.2. The van der Waals surface area contributed by atoms with Crippen molar-refractivity contribution >= 4 is 5.82 Å². The van der Waals surface area contributed by atoms with Gasteiger partial charge in [-0.3, -0.25) is 0 Å². The van der Waals surface area contributed by atoms with Crippen LogP contribution >= 0.6 is 0 Å². The monoisotopic (exact) mass is 324 g/mol. The van der Waals surface area contributed by atoms with Crippen LogP contribution in [0.25, 0.3) is 0 Å². The zero-order valence-electron chi connectivity index (χ0n) is 13.4. The van der Waals surface area contributed by atoms with Gasteiger partial charge < -0.3 is 15.1 Å². The molecule has 2 aromatic rings. The molecule has 1 aliphatic carbocycles. The number of piperazine rings is 1. The van der Waals surface area contributed by atoms with Crippen molar-refractivity contribution in [2.45, 2.75) is 24.9 Å². The quantitative estimate of drug-likeness (QED) is 0.873. The van der Waals surface area contributed by atoms with E-state index in [4.69, 9.17) is 9.78 Å². The van der Waals surface area contributed by atoms with Crippen molar-refractivity contribution in [2.24, 2.45) is 0 Å². The molecule has 0 amide bonds. The third-order valence-corrected chi connectivity index (χ3v) is 5.02. The fourth-order valence-electron chi connectivity index (χ4n) is 3.65. The Morgan fingerprint density at radius 2 is 1.92 bits per heavy atom. The molecule has 1 atom stereocenters. The topological polar surface area (TPSA) is 59.5 Å². The summed E-state index contributed by atoms with van der Waals surface area (Å²) in [6.45, 7) is 3.91. The molecule has 1 N–H and O–H groups in total. The minimum atomic E-state index is -0.214. The van der Waals surface area contributed by atoms with Crippen LogP contribution in [0.3, 0.4) is 0 Å². The van der Waals surface area contributed by atoms with Gasteiger partial charge in [0.15, 0.2) is 17.7 Å². The summed E-state index contributed by atoms with van der Waals surface area (Å²) < 4.78 is 0. The van der Waals surface area contributed by atoms with E-state index < -0.39 is 0 Å². The molecule has 1 unspecified atom stereocenters. The van der Waals surface area contributed by atoms with Crippen LogP contribution in [0, 0.1) is 0 Å². The zero-order valence-corrected chi connectivity index (χ0v) is 13.4. The van der Waals surface area contributed by atoms with Crippen LogP contribution in [0.5, 0.6) is 5.75 Å². The van der Waals surface area contributed by atoms with Gasteiger partial charge in [0.05, 0.1) is 6.20 Å². The molecular weight excluding hydrogens is 304 g/mol. The van der Waals surface area contributed by atoms with Crippen molar-refractivity contribution in [3.63, 3.8) is 0 Å². The Kier molecular flexibility index (Phi) is 3.38. The smallest absolute Gasteiger partial charge is 0.171 e. The third kappa shape index (κ3) is 2.34. The van der Waals surface area contributed by atoms with Crippen LogP contribution in [0.4, 0.5) is 5.82 Å². The summed E-state index contributed by atoms with van der Waals surface area (Å²) in [6, 6.07) is 7.99. The summed E-state index contributed by atoms with van der Waals surface area (Å²) in [5, 5.41) is 12.2. The maximum absolute atomic E-state index is 5.67. The standard InChI is InChI=1S/C18H20N4O2/c1-2-4-15-13(3-1)17(24-23-15)14-11-20-21-18(16(14)12-5-6-12)22-9-7-19-8-10-22/h1-4,11-12,17,19H,5-10H2. The van der Waals surface area contributed by atoms with E-state index in [0.29, 0.717) is 5.92 Å². The molecule has 124 valence electrons. The minimum absolute atomic E-state index is 0.214. The lowest BCUT2D eigenvalue weighted by Gasteiger charge is -2.30. The van der Waals surface area contributed by atoms with E-state index in [1.165, 1.54) is 18.4 Å². The highest BCUT2D eigenvalue weighted by molar-refractivity contribution is 5.56. The highest BCUT2D eigenvalue weighted by Gasteiger charge is 2.37. The second kappa shape index (κ2) is 5.72. The molecule has 5 rings (SSSR count). The molecule has 1 saturated carbocycles. The van der Waals surface area contributed by atoms with Gasteiger partial charge in [-0.1, -0.05) is 18.2 Å². The Hall–Kier alpha value is -2.18. The summed E-state index contributed by atoms with van der Waals surface area (Å²) in [5.74, 6) is 2.39. The van der Waals surface area contributed by atoms with Gasteiger partial charge in [0, 0.05) is 42.9 Å². The van der Waals surface area contributed by atoms with Crippen LogP contribution in [-0.4, -0.2) is 36.4 Å². The predicted octanol–water partition coefficient (Wildman–Crippen LogP) is 2.18. The van der Waals surface area contributed by atoms with Crippen LogP contribution < -0.4 is 15.1 Å². The molecule has 1 aromatic heterocycles. The number of hydrogen-bond acceptors (Lipinski definition) is 6. The highest BCUT2D eigenvalue weighted by Crippen LogP contribution is 2.49. The van der Waals surface area contributed by atoms with Crippen molar-refractivity contribution in [3.8, 4) is 5.75 Å². The van der Waals surface area contributed by atoms with E-state index >= 15 is 0 Å². The van der Waals surface area contributed by atoms with E-state index in [-0.39, 0.29) is 6.10 Å². The Bertz CT molecular complexity index is 756. The number of anilines is 1. The molecule has 1 saturated heterocycles. The van der Waals surface area contributed by atoms with Crippen molar-refractivity contribution in [1.82, 2.24) is 15.5 Å². The van der Waals surface area contributed by atoms with E-state index in [2.05, 4.69) is 26.5 Å². The normalized spacial score (nSPS) is 23.0. The first-order valence-corrected chi connectivity index (χ1v) is 8.65. The molecule has 0 spiro atoms. The molecule has 2 aliphatic heterocycles. The van der Waals surface area contributed by atoms with Crippen molar-refractivity contribution in [3.05, 3.63) is 47.2 Å². The minimum Gasteiger partial charge on any atom is -0.352 e. The first-order chi connectivity index (χ1) is 11.9. The fourth-order valence-corrected chi connectivity index (χ4v) is 3.65. The number of para-hydroxylation sites is 1. The number of benzene rings is 1. The predicted molar refractivity (Wildman–Crippen MR) is 89.1 cm³/mol. The molecule has 24 heavy (non-hydrogen) atoms. The van der Waals surface area contributed by atoms with Crippen LogP contribution in [0.15, 0.2) is 30.5 Å². The summed E-state index contributed by atoms with van der Waals surface area (Å²) in [6.07, 6.45) is 4.07. The van der Waals surface area contributed by atoms with Gasteiger partial charge in [-0.05, 0) is 24.8 Å². The first kappa shape index (κ1) is 14.2. The van der Waals surface area contributed by atoms with Crippen molar-refractivity contribution in [2.75, 3.05) is 31.1 Å². The van der Waals surface area contributed by atoms with Gasteiger partial charge in [-0.25, -0.2) is 0 Å². The molecule has 3 heterocycles. The van der Waals surface area contributed by atoms with Gasteiger partial charge in [0.2, 0.25) is 0 Å². The molecule has 0 radical (unpaired) electrons. The lowest BCUT2D eigenvalue weighted by atomic mass is 9.96. The number of hydrogen-bond donors (Lipinski definition) is 1. The number of nitrogens with zero attached hydrogens (tertiary/aromatic N) is 3. The number of fused-ring (bicyclic) bond motifs is 1. The second-order valence-electron chi connectivity index (χ2n) is 6.65. The van der Waals surface area contributed by atoms with Gasteiger partial charge in [0.25, 0.3) is 0 Å². The molecule has 0 bridgehead atoms. The average molecular weight is 324 g/mol. The largest absolute Gasteiger partial charge is 0.352 e.